The molecule has 8 heteroatoms. The molecule has 0 saturated carbocycles. The summed E-state index contributed by atoms with van der Waals surface area (Å²) in [6.45, 7) is 1.07. The smallest absolute Gasteiger partial charge is 0.330 e. The topological polar surface area (TPSA) is 121 Å². The van der Waals surface area contributed by atoms with E-state index in [1.54, 1.807) is 6.92 Å². The largest absolute Gasteiger partial charge is 0.480 e. The average Bonchev–Trinajstić information content (AvgIpc) is 2.55. The molecule has 84 valence electrons. The number of aliphatic carboxylic acids is 1. The van der Waals surface area contributed by atoms with Crippen molar-refractivity contribution in [2.75, 3.05) is 0 Å². The number of aromatic amines is 2. The third-order valence-electron chi connectivity index (χ3n) is 2.17. The number of fused-ring (bicyclic) bond motifs is 1. The molecule has 2 heterocycles. The molecular formula is C8H8N4O4. The first kappa shape index (κ1) is 10.1. The van der Waals surface area contributed by atoms with Crippen LogP contribution in [0.2, 0.25) is 0 Å². The van der Waals surface area contributed by atoms with Crippen molar-refractivity contribution < 1.29 is 9.90 Å². The number of rotatable bonds is 2. The zero-order valence-corrected chi connectivity index (χ0v) is 8.27. The van der Waals surface area contributed by atoms with Gasteiger partial charge in [0.2, 0.25) is 0 Å². The van der Waals surface area contributed by atoms with Crippen LogP contribution in [0.25, 0.3) is 11.0 Å². The molecule has 0 unspecified atom stereocenters. The minimum absolute atomic E-state index is 0.0497. The van der Waals surface area contributed by atoms with E-state index < -0.39 is 23.8 Å². The second-order valence-corrected chi connectivity index (χ2v) is 3.29. The Kier molecular flexibility index (Phi) is 2.11. The molecule has 0 fully saturated rings. The second kappa shape index (κ2) is 3.33. The van der Waals surface area contributed by atoms with Gasteiger partial charge in [0.05, 0.1) is 0 Å². The van der Waals surface area contributed by atoms with Crippen molar-refractivity contribution in [3.05, 3.63) is 26.5 Å². The van der Waals surface area contributed by atoms with E-state index in [9.17, 15) is 14.4 Å². The van der Waals surface area contributed by atoms with E-state index in [1.165, 1.54) is 0 Å². The lowest BCUT2D eigenvalue weighted by molar-refractivity contribution is -0.137. The second-order valence-electron chi connectivity index (χ2n) is 3.29. The monoisotopic (exact) mass is 224 g/mol. The third kappa shape index (κ3) is 1.40. The third-order valence-corrected chi connectivity index (χ3v) is 2.17. The Morgan fingerprint density at radius 3 is 2.81 bits per heavy atom. The highest BCUT2D eigenvalue weighted by Gasteiger charge is 2.14. The number of aromatic nitrogens is 4. The first-order valence-corrected chi connectivity index (χ1v) is 4.40. The van der Waals surface area contributed by atoms with Crippen molar-refractivity contribution in [3.8, 4) is 0 Å². The van der Waals surface area contributed by atoms with E-state index in [0.717, 1.165) is 4.57 Å². The number of carboxylic acid groups (broad SMARTS) is 1. The van der Waals surface area contributed by atoms with Gasteiger partial charge in [0, 0.05) is 5.69 Å². The summed E-state index contributed by atoms with van der Waals surface area (Å²) < 4.78 is 0.891. The highest BCUT2D eigenvalue weighted by Crippen LogP contribution is 2.07. The molecule has 2 aromatic heterocycles. The van der Waals surface area contributed by atoms with Gasteiger partial charge in [-0.05, 0) is 6.92 Å². The van der Waals surface area contributed by atoms with Gasteiger partial charge in [-0.25, -0.2) is 4.79 Å². The SMILES string of the molecule is Cc1[nH]nc2c1c(=O)[nH]c(=O)n2CC(=O)O. The molecule has 2 aromatic rings. The van der Waals surface area contributed by atoms with Gasteiger partial charge in [0.25, 0.3) is 5.56 Å². The Labute approximate surface area is 87.5 Å². The maximum Gasteiger partial charge on any atom is 0.330 e. The molecule has 8 nitrogen and oxygen atoms in total. The maximum atomic E-state index is 11.4. The van der Waals surface area contributed by atoms with Crippen molar-refractivity contribution in [1.82, 2.24) is 19.7 Å². The van der Waals surface area contributed by atoms with Gasteiger partial charge in [0.1, 0.15) is 11.9 Å². The standard InChI is InChI=1S/C8H8N4O4/c1-3-5-6(11-10-3)12(2-4(13)14)8(16)9-7(5)15/h2H2,1H3,(H,10,11)(H,13,14)(H,9,15,16). The van der Waals surface area contributed by atoms with E-state index in [-0.39, 0.29) is 11.0 Å². The zero-order chi connectivity index (χ0) is 11.9. The highest BCUT2D eigenvalue weighted by molar-refractivity contribution is 5.78. The van der Waals surface area contributed by atoms with Gasteiger partial charge >= 0.3 is 11.7 Å². The van der Waals surface area contributed by atoms with Crippen LogP contribution in [0.5, 0.6) is 0 Å². The molecule has 0 radical (unpaired) electrons. The Hall–Kier alpha value is -2.38. The minimum atomic E-state index is -1.18. The fourth-order valence-electron chi connectivity index (χ4n) is 1.49. The normalized spacial score (nSPS) is 10.8. The number of hydrogen-bond acceptors (Lipinski definition) is 4. The maximum absolute atomic E-state index is 11.4. The average molecular weight is 224 g/mol. The summed E-state index contributed by atoms with van der Waals surface area (Å²) in [4.78, 5) is 35.4. The van der Waals surface area contributed by atoms with Gasteiger partial charge < -0.3 is 5.11 Å². The summed E-state index contributed by atoms with van der Waals surface area (Å²) in [6.07, 6.45) is 0. The van der Waals surface area contributed by atoms with Crippen LogP contribution in [-0.2, 0) is 11.3 Å². The van der Waals surface area contributed by atoms with Crippen LogP contribution in [-0.4, -0.2) is 30.8 Å². The number of H-pyrrole nitrogens is 2. The van der Waals surface area contributed by atoms with Crippen LogP contribution in [0.1, 0.15) is 5.69 Å². The zero-order valence-electron chi connectivity index (χ0n) is 8.27. The summed E-state index contributed by atoms with van der Waals surface area (Å²) in [5, 5.41) is 15.1. The predicted octanol–water partition coefficient (Wildman–Crippen LogP) is -1.19. The van der Waals surface area contributed by atoms with E-state index >= 15 is 0 Å². The molecular weight excluding hydrogens is 216 g/mol. The Morgan fingerprint density at radius 2 is 2.19 bits per heavy atom. The summed E-state index contributed by atoms with van der Waals surface area (Å²) in [5.41, 5.74) is -0.830. The van der Waals surface area contributed by atoms with E-state index in [4.69, 9.17) is 5.11 Å². The number of nitrogens with one attached hydrogen (secondary N) is 2. The lowest BCUT2D eigenvalue weighted by atomic mass is 10.3. The molecule has 0 saturated heterocycles. The lowest BCUT2D eigenvalue weighted by Crippen LogP contribution is -2.32. The lowest BCUT2D eigenvalue weighted by Gasteiger charge is -2.01. The molecule has 16 heavy (non-hydrogen) atoms. The summed E-state index contributed by atoms with van der Waals surface area (Å²) in [6, 6.07) is 0. The molecule has 0 spiro atoms. The van der Waals surface area contributed by atoms with E-state index in [2.05, 4.69) is 10.2 Å². The molecule has 3 N–H and O–H groups in total. The first-order chi connectivity index (χ1) is 7.50. The number of aryl methyl sites for hydroxylation is 1. The summed E-state index contributed by atoms with van der Waals surface area (Å²) in [5.74, 6) is -1.18. The number of hydrogen-bond donors (Lipinski definition) is 3. The van der Waals surface area contributed by atoms with Crippen LogP contribution in [0.3, 0.4) is 0 Å². The van der Waals surface area contributed by atoms with Crippen molar-refractivity contribution in [1.29, 1.82) is 0 Å². The predicted molar refractivity (Wildman–Crippen MR) is 53.3 cm³/mol. The first-order valence-electron chi connectivity index (χ1n) is 4.40. The Bertz CT molecular complexity index is 677. The van der Waals surface area contributed by atoms with E-state index in [0.29, 0.717) is 5.69 Å². The summed E-state index contributed by atoms with van der Waals surface area (Å²) >= 11 is 0. The van der Waals surface area contributed by atoms with Gasteiger partial charge in [-0.3, -0.25) is 24.2 Å². The van der Waals surface area contributed by atoms with Gasteiger partial charge in [-0.2, -0.15) is 5.10 Å². The van der Waals surface area contributed by atoms with Crippen LogP contribution in [0.15, 0.2) is 9.59 Å². The molecule has 0 aliphatic rings. The van der Waals surface area contributed by atoms with Gasteiger partial charge in [-0.1, -0.05) is 0 Å². The van der Waals surface area contributed by atoms with Crippen LogP contribution >= 0.6 is 0 Å². The van der Waals surface area contributed by atoms with Crippen molar-refractivity contribution in [2.24, 2.45) is 0 Å². The van der Waals surface area contributed by atoms with E-state index in [1.807, 2.05) is 4.98 Å². The molecule has 0 amide bonds. The fraction of sp³-hybridized carbons (Fsp3) is 0.250. The molecule has 0 bridgehead atoms. The molecule has 0 aliphatic carbocycles. The molecule has 0 aliphatic heterocycles. The minimum Gasteiger partial charge on any atom is -0.480 e. The van der Waals surface area contributed by atoms with Crippen molar-refractivity contribution >= 4 is 17.0 Å². The molecule has 2 rings (SSSR count). The van der Waals surface area contributed by atoms with Crippen molar-refractivity contribution in [2.45, 2.75) is 13.5 Å². The molecule has 0 aromatic carbocycles. The number of carbonyl (C=O) groups is 1. The van der Waals surface area contributed by atoms with Crippen molar-refractivity contribution in [3.63, 3.8) is 0 Å². The Balaban J connectivity index is 2.88. The number of carboxylic acids is 1. The quantitative estimate of drug-likeness (QED) is 0.592. The summed E-state index contributed by atoms with van der Waals surface area (Å²) in [7, 11) is 0. The van der Waals surface area contributed by atoms with Crippen LogP contribution < -0.4 is 11.2 Å². The van der Waals surface area contributed by atoms with Crippen LogP contribution in [0, 0.1) is 6.92 Å². The molecule has 0 atom stereocenters. The Morgan fingerprint density at radius 1 is 1.50 bits per heavy atom. The van der Waals surface area contributed by atoms with Gasteiger partial charge in [0.15, 0.2) is 5.65 Å². The fourth-order valence-corrected chi connectivity index (χ4v) is 1.49. The van der Waals surface area contributed by atoms with Crippen LogP contribution in [0.4, 0.5) is 0 Å². The van der Waals surface area contributed by atoms with Gasteiger partial charge in [-0.15, -0.1) is 0 Å². The number of nitrogens with zero attached hydrogens (tertiary/aromatic N) is 2. The highest BCUT2D eigenvalue weighted by atomic mass is 16.4.